The van der Waals surface area contributed by atoms with Crippen molar-refractivity contribution in [3.8, 4) is 0 Å². The van der Waals surface area contributed by atoms with Crippen LogP contribution >= 0.6 is 15.9 Å². The van der Waals surface area contributed by atoms with Crippen LogP contribution < -0.4 is 5.32 Å². The van der Waals surface area contributed by atoms with E-state index in [1.807, 2.05) is 0 Å². The van der Waals surface area contributed by atoms with Gasteiger partial charge >= 0.3 is 0 Å². The van der Waals surface area contributed by atoms with Gasteiger partial charge < -0.3 is 10.4 Å². The molecule has 16 heavy (non-hydrogen) atoms. The first-order chi connectivity index (χ1) is 7.74. The lowest BCUT2D eigenvalue weighted by Crippen LogP contribution is -2.35. The Labute approximate surface area is 105 Å². The van der Waals surface area contributed by atoms with Crippen molar-refractivity contribution in [2.45, 2.75) is 44.4 Å². The minimum Gasteiger partial charge on any atom is -0.393 e. The minimum atomic E-state index is -0.101. The van der Waals surface area contributed by atoms with Gasteiger partial charge in [0.1, 0.15) is 0 Å². The van der Waals surface area contributed by atoms with E-state index in [0.717, 1.165) is 30.3 Å². The van der Waals surface area contributed by atoms with E-state index in [1.54, 1.807) is 0 Å². The van der Waals surface area contributed by atoms with Gasteiger partial charge in [0.15, 0.2) is 0 Å². The lowest BCUT2D eigenvalue weighted by Gasteiger charge is -2.26. The Bertz CT molecular complexity index is 325. The Morgan fingerprint density at radius 1 is 1.25 bits per heavy atom. The first kappa shape index (κ1) is 12.1. The molecule has 2 N–H and O–H groups in total. The van der Waals surface area contributed by atoms with Crippen LogP contribution in [0.1, 0.15) is 31.2 Å². The van der Waals surface area contributed by atoms with E-state index in [2.05, 4.69) is 45.5 Å². The van der Waals surface area contributed by atoms with Crippen molar-refractivity contribution in [3.05, 3.63) is 34.3 Å². The van der Waals surface area contributed by atoms with Gasteiger partial charge in [-0.3, -0.25) is 0 Å². The number of rotatable bonds is 3. The first-order valence-corrected chi connectivity index (χ1v) is 6.69. The Balaban J connectivity index is 1.80. The molecule has 1 fully saturated rings. The summed E-state index contributed by atoms with van der Waals surface area (Å²) in [6.45, 7) is 0.894. The van der Waals surface area contributed by atoms with Crippen molar-refractivity contribution in [2.75, 3.05) is 0 Å². The summed E-state index contributed by atoms with van der Waals surface area (Å²) >= 11 is 3.43. The van der Waals surface area contributed by atoms with E-state index in [9.17, 15) is 5.11 Å². The van der Waals surface area contributed by atoms with Gasteiger partial charge in [-0.05, 0) is 43.4 Å². The molecule has 0 radical (unpaired) electrons. The largest absolute Gasteiger partial charge is 0.393 e. The van der Waals surface area contributed by atoms with Crippen LogP contribution in [-0.2, 0) is 6.54 Å². The molecule has 1 aliphatic carbocycles. The molecule has 2 unspecified atom stereocenters. The van der Waals surface area contributed by atoms with Crippen molar-refractivity contribution in [1.82, 2.24) is 5.32 Å². The summed E-state index contributed by atoms with van der Waals surface area (Å²) in [6.07, 6.45) is 4.09. The fourth-order valence-electron chi connectivity index (χ4n) is 2.21. The van der Waals surface area contributed by atoms with Crippen LogP contribution in [0.25, 0.3) is 0 Å². The number of halogens is 1. The van der Waals surface area contributed by atoms with Crippen LogP contribution in [0.3, 0.4) is 0 Å². The van der Waals surface area contributed by atoms with Crippen molar-refractivity contribution >= 4 is 15.9 Å². The molecule has 0 bridgehead atoms. The lowest BCUT2D eigenvalue weighted by atomic mass is 9.93. The van der Waals surface area contributed by atoms with Gasteiger partial charge in [-0.25, -0.2) is 0 Å². The molecule has 3 heteroatoms. The number of hydrogen-bond donors (Lipinski definition) is 2. The Kier molecular flexibility index (Phi) is 4.38. The first-order valence-electron chi connectivity index (χ1n) is 5.90. The average Bonchev–Trinajstić information content (AvgIpc) is 2.28. The van der Waals surface area contributed by atoms with Gasteiger partial charge in [-0.2, -0.15) is 0 Å². The maximum Gasteiger partial charge on any atom is 0.0555 e. The van der Waals surface area contributed by atoms with Crippen molar-refractivity contribution < 1.29 is 5.11 Å². The Hall–Kier alpha value is -0.380. The quantitative estimate of drug-likeness (QED) is 0.894. The van der Waals surface area contributed by atoms with E-state index in [0.29, 0.717) is 6.04 Å². The maximum absolute atomic E-state index is 9.57. The molecule has 1 aromatic carbocycles. The number of benzene rings is 1. The Morgan fingerprint density at radius 2 is 2.00 bits per heavy atom. The molecule has 1 saturated carbocycles. The van der Waals surface area contributed by atoms with E-state index in [4.69, 9.17) is 0 Å². The highest BCUT2D eigenvalue weighted by Crippen LogP contribution is 2.19. The second-order valence-corrected chi connectivity index (χ2v) is 5.44. The molecule has 2 rings (SSSR count). The molecule has 0 heterocycles. The highest BCUT2D eigenvalue weighted by molar-refractivity contribution is 9.10. The minimum absolute atomic E-state index is 0.101. The summed E-state index contributed by atoms with van der Waals surface area (Å²) in [5.41, 5.74) is 1.29. The fraction of sp³-hybridized carbons (Fsp3) is 0.538. The van der Waals surface area contributed by atoms with Crippen LogP contribution in [0.15, 0.2) is 28.7 Å². The van der Waals surface area contributed by atoms with Crippen molar-refractivity contribution in [2.24, 2.45) is 0 Å². The second-order valence-electron chi connectivity index (χ2n) is 4.52. The third kappa shape index (κ3) is 3.58. The van der Waals surface area contributed by atoms with Crippen LogP contribution in [0.5, 0.6) is 0 Å². The summed E-state index contributed by atoms with van der Waals surface area (Å²) in [6, 6.07) is 8.85. The highest BCUT2D eigenvalue weighted by atomic mass is 79.9. The molecule has 88 valence electrons. The maximum atomic E-state index is 9.57. The molecule has 0 aliphatic heterocycles. The second kappa shape index (κ2) is 5.80. The number of hydrogen-bond acceptors (Lipinski definition) is 2. The smallest absolute Gasteiger partial charge is 0.0555 e. The van der Waals surface area contributed by atoms with Gasteiger partial charge in [-0.15, -0.1) is 0 Å². The number of nitrogens with one attached hydrogen (secondary N) is 1. The van der Waals surface area contributed by atoms with E-state index in [1.165, 1.54) is 12.0 Å². The molecule has 1 aromatic rings. The third-order valence-electron chi connectivity index (χ3n) is 3.15. The van der Waals surface area contributed by atoms with Gasteiger partial charge in [0.25, 0.3) is 0 Å². The topological polar surface area (TPSA) is 32.3 Å². The summed E-state index contributed by atoms with van der Waals surface area (Å²) in [7, 11) is 0. The third-order valence-corrected chi connectivity index (χ3v) is 3.68. The van der Waals surface area contributed by atoms with Crippen LogP contribution in [0.2, 0.25) is 0 Å². The molecule has 0 amide bonds. The van der Waals surface area contributed by atoms with Gasteiger partial charge in [-0.1, -0.05) is 28.1 Å². The number of aliphatic hydroxyl groups is 1. The fourth-order valence-corrected chi connectivity index (χ4v) is 2.48. The SMILES string of the molecule is OC1CCCC(NCc2ccc(Br)cc2)C1. The van der Waals surface area contributed by atoms with E-state index < -0.39 is 0 Å². The standard InChI is InChI=1S/C13H18BrNO/c14-11-6-4-10(5-7-11)9-15-12-2-1-3-13(16)8-12/h4-7,12-13,15-16H,1-3,8-9H2. The predicted molar refractivity (Wildman–Crippen MR) is 69.2 cm³/mol. The summed E-state index contributed by atoms with van der Waals surface area (Å²) < 4.78 is 1.12. The zero-order chi connectivity index (χ0) is 11.4. The molecular formula is C13H18BrNO. The van der Waals surface area contributed by atoms with Crippen molar-refractivity contribution in [1.29, 1.82) is 0 Å². The monoisotopic (exact) mass is 283 g/mol. The molecule has 1 aliphatic rings. The van der Waals surface area contributed by atoms with Gasteiger partial charge in [0, 0.05) is 17.1 Å². The summed E-state index contributed by atoms with van der Waals surface area (Å²) in [5, 5.41) is 13.1. The highest BCUT2D eigenvalue weighted by Gasteiger charge is 2.19. The zero-order valence-electron chi connectivity index (χ0n) is 9.32. The van der Waals surface area contributed by atoms with Crippen LogP contribution in [0.4, 0.5) is 0 Å². The Morgan fingerprint density at radius 3 is 2.69 bits per heavy atom. The number of aliphatic hydroxyl groups excluding tert-OH is 1. The van der Waals surface area contributed by atoms with E-state index in [-0.39, 0.29) is 6.10 Å². The summed E-state index contributed by atoms with van der Waals surface area (Å²) in [5.74, 6) is 0. The zero-order valence-corrected chi connectivity index (χ0v) is 10.9. The molecule has 2 nitrogen and oxygen atoms in total. The van der Waals surface area contributed by atoms with E-state index >= 15 is 0 Å². The molecule has 2 atom stereocenters. The van der Waals surface area contributed by atoms with Crippen molar-refractivity contribution in [3.63, 3.8) is 0 Å². The molecule has 0 aromatic heterocycles. The normalized spacial score (nSPS) is 25.6. The lowest BCUT2D eigenvalue weighted by molar-refractivity contribution is 0.111. The summed E-state index contributed by atoms with van der Waals surface area (Å²) in [4.78, 5) is 0. The van der Waals surface area contributed by atoms with Gasteiger partial charge in [0.05, 0.1) is 6.10 Å². The van der Waals surface area contributed by atoms with Crippen LogP contribution in [0, 0.1) is 0 Å². The predicted octanol–water partition coefficient (Wildman–Crippen LogP) is 2.84. The average molecular weight is 284 g/mol. The molecule has 0 spiro atoms. The molecular weight excluding hydrogens is 266 g/mol. The van der Waals surface area contributed by atoms with Crippen LogP contribution in [-0.4, -0.2) is 17.3 Å². The van der Waals surface area contributed by atoms with Gasteiger partial charge in [0.2, 0.25) is 0 Å². The molecule has 0 saturated heterocycles.